The molecule has 2 aromatic rings. The minimum Gasteiger partial charge on any atom is -0.449 e. The highest BCUT2D eigenvalue weighted by Gasteiger charge is 2.17. The molecular formula is C20H20BrNO3. The van der Waals surface area contributed by atoms with Crippen LogP contribution in [0.25, 0.3) is 6.08 Å². The van der Waals surface area contributed by atoms with E-state index < -0.39 is 12.1 Å². The van der Waals surface area contributed by atoms with Gasteiger partial charge in [0, 0.05) is 16.2 Å². The van der Waals surface area contributed by atoms with E-state index in [1.54, 1.807) is 13.0 Å². The fourth-order valence-corrected chi connectivity index (χ4v) is 2.65. The summed E-state index contributed by atoms with van der Waals surface area (Å²) in [6.45, 7) is 5.45. The largest absolute Gasteiger partial charge is 0.449 e. The van der Waals surface area contributed by atoms with Crippen LogP contribution in [-0.4, -0.2) is 18.0 Å². The van der Waals surface area contributed by atoms with Crippen LogP contribution in [-0.2, 0) is 14.3 Å². The SMILES string of the molecule is Cc1ccc(NC(=O)[C@H](C)OC(=O)/C=C/c2cccc(Br)c2)c(C)c1. The van der Waals surface area contributed by atoms with Crippen LogP contribution in [0, 0.1) is 13.8 Å². The molecule has 1 amide bonds. The molecule has 1 atom stereocenters. The van der Waals surface area contributed by atoms with Gasteiger partial charge in [-0.25, -0.2) is 4.79 Å². The third-order valence-electron chi connectivity index (χ3n) is 3.56. The number of ether oxygens (including phenoxy) is 1. The molecule has 0 saturated carbocycles. The molecule has 5 heteroatoms. The molecule has 0 fully saturated rings. The number of nitrogens with one attached hydrogen (secondary N) is 1. The van der Waals surface area contributed by atoms with E-state index in [1.807, 2.05) is 56.3 Å². The Labute approximate surface area is 156 Å². The number of rotatable bonds is 5. The fourth-order valence-electron chi connectivity index (χ4n) is 2.23. The second-order valence-corrected chi connectivity index (χ2v) is 6.69. The highest BCUT2D eigenvalue weighted by molar-refractivity contribution is 9.10. The fraction of sp³-hybridized carbons (Fsp3) is 0.200. The van der Waals surface area contributed by atoms with Crippen molar-refractivity contribution in [2.75, 3.05) is 5.32 Å². The van der Waals surface area contributed by atoms with Crippen LogP contribution in [0.5, 0.6) is 0 Å². The first kappa shape index (κ1) is 18.9. The van der Waals surface area contributed by atoms with Crippen molar-refractivity contribution in [2.24, 2.45) is 0 Å². The van der Waals surface area contributed by atoms with Crippen molar-refractivity contribution in [1.29, 1.82) is 0 Å². The summed E-state index contributed by atoms with van der Waals surface area (Å²) < 4.78 is 6.07. The van der Waals surface area contributed by atoms with Gasteiger partial charge in [-0.2, -0.15) is 0 Å². The van der Waals surface area contributed by atoms with E-state index >= 15 is 0 Å². The minimum atomic E-state index is -0.889. The molecule has 0 aliphatic rings. The molecule has 25 heavy (non-hydrogen) atoms. The van der Waals surface area contributed by atoms with Gasteiger partial charge in [-0.05, 0) is 56.2 Å². The lowest BCUT2D eigenvalue weighted by Crippen LogP contribution is -2.29. The average molecular weight is 402 g/mol. The van der Waals surface area contributed by atoms with Crippen molar-refractivity contribution >= 4 is 39.6 Å². The van der Waals surface area contributed by atoms with Gasteiger partial charge < -0.3 is 10.1 Å². The molecule has 0 radical (unpaired) electrons. The number of hydrogen-bond acceptors (Lipinski definition) is 3. The van der Waals surface area contributed by atoms with Crippen LogP contribution in [0.3, 0.4) is 0 Å². The van der Waals surface area contributed by atoms with Crippen molar-refractivity contribution in [3.8, 4) is 0 Å². The number of esters is 1. The lowest BCUT2D eigenvalue weighted by atomic mass is 10.1. The van der Waals surface area contributed by atoms with Gasteiger partial charge in [-0.15, -0.1) is 0 Å². The summed E-state index contributed by atoms with van der Waals surface area (Å²) in [5, 5.41) is 2.78. The second kappa shape index (κ2) is 8.62. The second-order valence-electron chi connectivity index (χ2n) is 5.78. The standard InChI is InChI=1S/C20H20BrNO3/c1-13-7-9-18(14(2)11-13)22-20(24)15(3)25-19(23)10-8-16-5-4-6-17(21)12-16/h4-12,15H,1-3H3,(H,22,24)/b10-8+/t15-/m0/s1. The quantitative estimate of drug-likeness (QED) is 0.585. The van der Waals surface area contributed by atoms with Gasteiger partial charge in [-0.1, -0.05) is 45.8 Å². The van der Waals surface area contributed by atoms with Crippen LogP contribution in [0.2, 0.25) is 0 Å². The Kier molecular flexibility index (Phi) is 6.53. The molecule has 130 valence electrons. The molecule has 2 aromatic carbocycles. The molecule has 0 aromatic heterocycles. The molecule has 0 heterocycles. The summed E-state index contributed by atoms with van der Waals surface area (Å²) in [5.41, 5.74) is 3.65. The zero-order chi connectivity index (χ0) is 18.4. The Morgan fingerprint density at radius 2 is 1.92 bits per heavy atom. The lowest BCUT2D eigenvalue weighted by Gasteiger charge is -2.14. The first-order valence-corrected chi connectivity index (χ1v) is 8.67. The summed E-state index contributed by atoms with van der Waals surface area (Å²) in [4.78, 5) is 24.1. The van der Waals surface area contributed by atoms with Gasteiger partial charge in [0.2, 0.25) is 0 Å². The van der Waals surface area contributed by atoms with E-state index in [-0.39, 0.29) is 5.91 Å². The van der Waals surface area contributed by atoms with Crippen LogP contribution in [0.1, 0.15) is 23.6 Å². The summed E-state index contributed by atoms with van der Waals surface area (Å²) in [6.07, 6.45) is 2.06. The summed E-state index contributed by atoms with van der Waals surface area (Å²) in [7, 11) is 0. The lowest BCUT2D eigenvalue weighted by molar-refractivity contribution is -0.148. The number of hydrogen-bond donors (Lipinski definition) is 1. The predicted molar refractivity (Wildman–Crippen MR) is 103 cm³/mol. The van der Waals surface area contributed by atoms with E-state index in [4.69, 9.17) is 4.74 Å². The Balaban J connectivity index is 1.92. The maximum absolute atomic E-state index is 12.2. The Morgan fingerprint density at radius 1 is 1.16 bits per heavy atom. The minimum absolute atomic E-state index is 0.365. The van der Waals surface area contributed by atoms with Gasteiger partial charge in [0.25, 0.3) is 5.91 Å². The predicted octanol–water partition coefficient (Wildman–Crippen LogP) is 4.65. The molecule has 4 nitrogen and oxygen atoms in total. The number of amides is 1. The molecule has 1 N–H and O–H groups in total. The summed E-state index contributed by atoms with van der Waals surface area (Å²) >= 11 is 3.37. The first-order valence-electron chi connectivity index (χ1n) is 7.87. The van der Waals surface area contributed by atoms with Crippen molar-refractivity contribution in [3.05, 3.63) is 69.7 Å². The van der Waals surface area contributed by atoms with Gasteiger partial charge in [0.1, 0.15) is 0 Å². The Bertz CT molecular complexity index is 814. The zero-order valence-corrected chi connectivity index (χ0v) is 16.0. The van der Waals surface area contributed by atoms with Crippen LogP contribution >= 0.6 is 15.9 Å². The highest BCUT2D eigenvalue weighted by atomic mass is 79.9. The van der Waals surface area contributed by atoms with E-state index in [0.29, 0.717) is 5.69 Å². The van der Waals surface area contributed by atoms with Crippen molar-refractivity contribution in [3.63, 3.8) is 0 Å². The third kappa shape index (κ3) is 5.87. The molecule has 0 bridgehead atoms. The van der Waals surface area contributed by atoms with Crippen molar-refractivity contribution in [2.45, 2.75) is 26.9 Å². The monoisotopic (exact) mass is 401 g/mol. The molecule has 0 unspecified atom stereocenters. The number of anilines is 1. The van der Waals surface area contributed by atoms with E-state index in [2.05, 4.69) is 21.2 Å². The van der Waals surface area contributed by atoms with Gasteiger partial charge in [0.05, 0.1) is 0 Å². The topological polar surface area (TPSA) is 55.4 Å². The first-order chi connectivity index (χ1) is 11.8. The molecule has 0 aliphatic carbocycles. The van der Waals surface area contributed by atoms with Gasteiger partial charge in [-0.3, -0.25) is 4.79 Å². The molecule has 0 spiro atoms. The van der Waals surface area contributed by atoms with Crippen molar-refractivity contribution in [1.82, 2.24) is 0 Å². The van der Waals surface area contributed by atoms with E-state index in [1.165, 1.54) is 6.08 Å². The van der Waals surface area contributed by atoms with Gasteiger partial charge >= 0.3 is 5.97 Å². The van der Waals surface area contributed by atoms with Crippen LogP contribution in [0.15, 0.2) is 53.0 Å². The van der Waals surface area contributed by atoms with Crippen LogP contribution < -0.4 is 5.32 Å². The van der Waals surface area contributed by atoms with Crippen molar-refractivity contribution < 1.29 is 14.3 Å². The average Bonchev–Trinajstić information content (AvgIpc) is 2.55. The number of halogens is 1. The number of benzene rings is 2. The Morgan fingerprint density at radius 3 is 2.60 bits per heavy atom. The number of aryl methyl sites for hydroxylation is 2. The zero-order valence-electron chi connectivity index (χ0n) is 14.4. The van der Waals surface area contributed by atoms with E-state index in [9.17, 15) is 9.59 Å². The third-order valence-corrected chi connectivity index (χ3v) is 4.06. The van der Waals surface area contributed by atoms with Gasteiger partial charge in [0.15, 0.2) is 6.10 Å². The summed E-state index contributed by atoms with van der Waals surface area (Å²) in [5.74, 6) is -0.931. The molecule has 0 aliphatic heterocycles. The van der Waals surface area contributed by atoms with Crippen LogP contribution in [0.4, 0.5) is 5.69 Å². The maximum Gasteiger partial charge on any atom is 0.331 e. The summed E-state index contributed by atoms with van der Waals surface area (Å²) in [6, 6.07) is 13.2. The normalized spacial score (nSPS) is 12.0. The number of carbonyl (C=O) groups excluding carboxylic acids is 2. The molecular weight excluding hydrogens is 382 g/mol. The molecule has 0 saturated heterocycles. The highest BCUT2D eigenvalue weighted by Crippen LogP contribution is 2.17. The Hall–Kier alpha value is -2.40. The van der Waals surface area contributed by atoms with E-state index in [0.717, 1.165) is 21.2 Å². The number of carbonyl (C=O) groups is 2. The smallest absolute Gasteiger partial charge is 0.331 e. The maximum atomic E-state index is 12.2. The molecule has 2 rings (SSSR count).